The lowest BCUT2D eigenvalue weighted by molar-refractivity contribution is 0.152. The topological polar surface area (TPSA) is 103 Å². The van der Waals surface area contributed by atoms with Gasteiger partial charge in [-0.15, -0.1) is 0 Å². The summed E-state index contributed by atoms with van der Waals surface area (Å²) in [6.07, 6.45) is 1.48. The molecule has 0 spiro atoms. The van der Waals surface area contributed by atoms with Crippen molar-refractivity contribution in [1.82, 2.24) is 5.43 Å². The van der Waals surface area contributed by atoms with E-state index in [4.69, 9.17) is 20.5 Å². The van der Waals surface area contributed by atoms with Crippen LogP contribution < -0.4 is 14.3 Å². The van der Waals surface area contributed by atoms with Gasteiger partial charge < -0.3 is 13.7 Å². The number of amides is 1. The standard InChI is InChI=1S/C12H15ClN2O6S/c1-4-20-12(16)15-14-7-8-5-9(13)11(10(6-8)19-2)21-22(3,17)18/h5-7H,4H2,1-3H3,(H,15,16)/b14-7+. The second kappa shape index (κ2) is 7.85. The minimum atomic E-state index is -3.75. The van der Waals surface area contributed by atoms with Gasteiger partial charge in [0.05, 0.1) is 31.2 Å². The number of ether oxygens (including phenoxy) is 2. The zero-order valence-corrected chi connectivity index (χ0v) is 13.7. The summed E-state index contributed by atoms with van der Waals surface area (Å²) in [7, 11) is -2.42. The quantitative estimate of drug-likeness (QED) is 0.476. The van der Waals surface area contributed by atoms with E-state index in [0.29, 0.717) is 5.56 Å². The van der Waals surface area contributed by atoms with Gasteiger partial charge in [0.15, 0.2) is 5.75 Å². The maximum atomic E-state index is 11.2. The molecule has 0 radical (unpaired) electrons. The second-order valence-electron chi connectivity index (χ2n) is 3.91. The Balaban J connectivity index is 2.98. The molecule has 0 heterocycles. The van der Waals surface area contributed by atoms with Crippen molar-refractivity contribution in [1.29, 1.82) is 0 Å². The van der Waals surface area contributed by atoms with Crippen LogP contribution in [0.15, 0.2) is 17.2 Å². The predicted molar refractivity (Wildman–Crippen MR) is 81.2 cm³/mol. The molecule has 0 unspecified atom stereocenters. The third-order valence-corrected chi connectivity index (χ3v) is 2.88. The van der Waals surface area contributed by atoms with Crippen LogP contribution in [0.4, 0.5) is 4.79 Å². The van der Waals surface area contributed by atoms with Gasteiger partial charge in [-0.05, 0) is 24.6 Å². The van der Waals surface area contributed by atoms with Gasteiger partial charge in [0.2, 0.25) is 5.75 Å². The molecule has 0 aliphatic heterocycles. The zero-order valence-electron chi connectivity index (χ0n) is 12.1. The van der Waals surface area contributed by atoms with Crippen LogP contribution in [0.1, 0.15) is 12.5 Å². The molecule has 1 rings (SSSR count). The van der Waals surface area contributed by atoms with E-state index < -0.39 is 16.2 Å². The molecular formula is C12H15ClN2O6S. The number of benzene rings is 1. The highest BCUT2D eigenvalue weighted by atomic mass is 35.5. The second-order valence-corrected chi connectivity index (χ2v) is 5.89. The maximum Gasteiger partial charge on any atom is 0.427 e. The third kappa shape index (κ3) is 5.78. The molecule has 1 amide bonds. The SMILES string of the molecule is CCOC(=O)N/N=C/c1cc(Cl)c(OS(C)(=O)=O)c(OC)c1. The number of hydrogen-bond donors (Lipinski definition) is 1. The van der Waals surface area contributed by atoms with Crippen LogP contribution in [0.5, 0.6) is 11.5 Å². The van der Waals surface area contributed by atoms with Crippen molar-refractivity contribution < 1.29 is 26.9 Å². The van der Waals surface area contributed by atoms with Gasteiger partial charge in [-0.2, -0.15) is 13.5 Å². The average molecular weight is 351 g/mol. The minimum Gasteiger partial charge on any atom is -0.493 e. The fourth-order valence-electron chi connectivity index (χ4n) is 1.37. The lowest BCUT2D eigenvalue weighted by atomic mass is 10.2. The van der Waals surface area contributed by atoms with E-state index in [0.717, 1.165) is 6.26 Å². The molecule has 0 saturated heterocycles. The Morgan fingerprint density at radius 1 is 1.45 bits per heavy atom. The van der Waals surface area contributed by atoms with Crippen LogP contribution in [0.3, 0.4) is 0 Å². The lowest BCUT2D eigenvalue weighted by Gasteiger charge is -2.11. The van der Waals surface area contributed by atoms with Crippen molar-refractivity contribution in [3.05, 3.63) is 22.7 Å². The maximum absolute atomic E-state index is 11.2. The summed E-state index contributed by atoms with van der Waals surface area (Å²) in [5, 5.41) is 3.67. The molecule has 8 nitrogen and oxygen atoms in total. The fourth-order valence-corrected chi connectivity index (χ4v) is 2.15. The number of hydrogen-bond acceptors (Lipinski definition) is 7. The molecule has 22 heavy (non-hydrogen) atoms. The van der Waals surface area contributed by atoms with Crippen molar-refractivity contribution in [3.63, 3.8) is 0 Å². The Morgan fingerprint density at radius 3 is 2.68 bits per heavy atom. The van der Waals surface area contributed by atoms with Crippen molar-refractivity contribution in [2.75, 3.05) is 20.0 Å². The van der Waals surface area contributed by atoms with E-state index in [-0.39, 0.29) is 23.1 Å². The Kier molecular flexibility index (Phi) is 6.44. The number of methoxy groups -OCH3 is 1. The van der Waals surface area contributed by atoms with E-state index in [9.17, 15) is 13.2 Å². The van der Waals surface area contributed by atoms with E-state index in [1.807, 2.05) is 0 Å². The molecule has 0 atom stereocenters. The van der Waals surface area contributed by atoms with Gasteiger partial charge in [0.25, 0.3) is 0 Å². The first-order valence-electron chi connectivity index (χ1n) is 5.99. The van der Waals surface area contributed by atoms with Crippen molar-refractivity contribution in [2.45, 2.75) is 6.92 Å². The number of hydrazone groups is 1. The molecule has 0 fully saturated rings. The van der Waals surface area contributed by atoms with Crippen LogP contribution in [-0.2, 0) is 14.9 Å². The van der Waals surface area contributed by atoms with E-state index in [1.165, 1.54) is 25.5 Å². The lowest BCUT2D eigenvalue weighted by Crippen LogP contribution is -2.18. The summed E-state index contributed by atoms with van der Waals surface area (Å²) in [6.45, 7) is 1.88. The van der Waals surface area contributed by atoms with Gasteiger partial charge >= 0.3 is 16.2 Å². The predicted octanol–water partition coefficient (Wildman–Crippen LogP) is 1.77. The molecule has 0 saturated carbocycles. The molecule has 0 aliphatic rings. The number of rotatable bonds is 6. The Bertz CT molecular complexity index is 674. The molecule has 1 aromatic carbocycles. The number of nitrogens with zero attached hydrogens (tertiary/aromatic N) is 1. The van der Waals surface area contributed by atoms with E-state index in [1.54, 1.807) is 6.92 Å². The van der Waals surface area contributed by atoms with Gasteiger partial charge in [-0.25, -0.2) is 10.2 Å². The zero-order chi connectivity index (χ0) is 16.8. The molecule has 1 N–H and O–H groups in total. The molecular weight excluding hydrogens is 336 g/mol. The summed E-state index contributed by atoms with van der Waals surface area (Å²) in [4.78, 5) is 11.0. The summed E-state index contributed by atoms with van der Waals surface area (Å²) in [5.41, 5.74) is 2.60. The largest absolute Gasteiger partial charge is 0.493 e. The number of nitrogens with one attached hydrogen (secondary N) is 1. The van der Waals surface area contributed by atoms with Crippen LogP contribution in [0, 0.1) is 0 Å². The average Bonchev–Trinajstić information content (AvgIpc) is 2.40. The number of carbonyl (C=O) groups excluding carboxylic acids is 1. The van der Waals surface area contributed by atoms with Gasteiger partial charge in [-0.3, -0.25) is 0 Å². The van der Waals surface area contributed by atoms with Crippen LogP contribution >= 0.6 is 11.6 Å². The molecule has 0 aliphatic carbocycles. The molecule has 1 aromatic rings. The first-order chi connectivity index (χ1) is 10.3. The highest BCUT2D eigenvalue weighted by molar-refractivity contribution is 7.86. The summed E-state index contributed by atoms with van der Waals surface area (Å²) in [6, 6.07) is 2.85. The van der Waals surface area contributed by atoms with Gasteiger partial charge in [0, 0.05) is 0 Å². The Morgan fingerprint density at radius 2 is 2.14 bits per heavy atom. The van der Waals surface area contributed by atoms with E-state index >= 15 is 0 Å². The monoisotopic (exact) mass is 350 g/mol. The summed E-state index contributed by atoms with van der Waals surface area (Å²) < 4.78 is 36.8. The molecule has 0 aromatic heterocycles. The molecule has 0 bridgehead atoms. The summed E-state index contributed by atoms with van der Waals surface area (Å²) in [5.74, 6) is -0.0160. The van der Waals surface area contributed by atoms with Crippen LogP contribution in [-0.4, -0.2) is 40.7 Å². The van der Waals surface area contributed by atoms with E-state index in [2.05, 4.69) is 15.3 Å². The third-order valence-electron chi connectivity index (χ3n) is 2.13. The Hall–Kier alpha value is -2.00. The van der Waals surface area contributed by atoms with Crippen LogP contribution in [0.2, 0.25) is 5.02 Å². The summed E-state index contributed by atoms with van der Waals surface area (Å²) >= 11 is 5.97. The number of carbonyl (C=O) groups is 1. The first-order valence-corrected chi connectivity index (χ1v) is 8.19. The van der Waals surface area contributed by atoms with Gasteiger partial charge in [-0.1, -0.05) is 11.6 Å². The first kappa shape index (κ1) is 18.1. The van der Waals surface area contributed by atoms with Crippen LogP contribution in [0.25, 0.3) is 0 Å². The number of halogens is 1. The minimum absolute atomic E-state index is 0.0161. The van der Waals surface area contributed by atoms with Crippen molar-refractivity contribution in [2.24, 2.45) is 5.10 Å². The van der Waals surface area contributed by atoms with Gasteiger partial charge in [0.1, 0.15) is 0 Å². The van der Waals surface area contributed by atoms with Crippen molar-refractivity contribution in [3.8, 4) is 11.5 Å². The smallest absolute Gasteiger partial charge is 0.427 e. The molecule has 10 heteroatoms. The van der Waals surface area contributed by atoms with Crippen molar-refractivity contribution >= 4 is 34.0 Å². The highest BCUT2D eigenvalue weighted by Crippen LogP contribution is 2.36. The highest BCUT2D eigenvalue weighted by Gasteiger charge is 2.16. The normalized spacial score (nSPS) is 11.3. The molecule has 122 valence electrons. The fraction of sp³-hybridized carbons (Fsp3) is 0.333. The Labute approximate surface area is 133 Å².